The monoisotopic (exact) mass is 311 g/mol. The van der Waals surface area contributed by atoms with Crippen molar-refractivity contribution in [3.05, 3.63) is 29.3 Å². The van der Waals surface area contributed by atoms with Crippen LogP contribution in [-0.4, -0.2) is 37.0 Å². The quantitative estimate of drug-likeness (QED) is 0.513. The molecule has 0 spiro atoms. The number of hydrogen-bond donors (Lipinski definition) is 1. The SMILES string of the molecule is CCOc1ccc(OCC)c(C2(Cl)OCCNC2=[N+]=[N-])c1. The van der Waals surface area contributed by atoms with Crippen LogP contribution < -0.4 is 14.8 Å². The number of amidine groups is 1. The Balaban J connectivity index is 2.52. The Labute approximate surface area is 128 Å². The number of morpholine rings is 1. The van der Waals surface area contributed by atoms with Crippen molar-refractivity contribution in [1.29, 1.82) is 0 Å². The Morgan fingerprint density at radius 3 is 2.81 bits per heavy atom. The first kappa shape index (κ1) is 15.6. The molecule has 21 heavy (non-hydrogen) atoms. The lowest BCUT2D eigenvalue weighted by Crippen LogP contribution is -2.50. The summed E-state index contributed by atoms with van der Waals surface area (Å²) in [5.41, 5.74) is 9.71. The Morgan fingerprint density at radius 2 is 2.14 bits per heavy atom. The number of benzene rings is 1. The molecule has 1 saturated heterocycles. The normalized spacial score (nSPS) is 21.4. The molecule has 0 bridgehead atoms. The molecule has 0 radical (unpaired) electrons. The van der Waals surface area contributed by atoms with Gasteiger partial charge in [0.05, 0.1) is 25.4 Å². The van der Waals surface area contributed by atoms with Crippen LogP contribution >= 0.6 is 11.6 Å². The highest BCUT2D eigenvalue weighted by Crippen LogP contribution is 2.40. The lowest BCUT2D eigenvalue weighted by molar-refractivity contribution is -0.0583. The second-order valence-electron chi connectivity index (χ2n) is 4.34. The number of hydrogen-bond acceptors (Lipinski definition) is 3. The van der Waals surface area contributed by atoms with E-state index in [2.05, 4.69) is 10.1 Å². The van der Waals surface area contributed by atoms with Crippen LogP contribution in [0.25, 0.3) is 5.53 Å². The molecule has 1 aromatic rings. The summed E-state index contributed by atoms with van der Waals surface area (Å²) >= 11 is 6.57. The Hall–Kier alpha value is -1.75. The van der Waals surface area contributed by atoms with E-state index in [0.29, 0.717) is 43.4 Å². The smallest absolute Gasteiger partial charge is 0.380 e. The van der Waals surface area contributed by atoms with Gasteiger partial charge in [-0.3, -0.25) is 5.32 Å². The zero-order valence-corrected chi connectivity index (χ0v) is 12.8. The van der Waals surface area contributed by atoms with E-state index in [-0.39, 0.29) is 5.84 Å². The summed E-state index contributed by atoms with van der Waals surface area (Å²) in [6.45, 7) is 5.68. The molecule has 1 aliphatic heterocycles. The fraction of sp³-hybridized carbons (Fsp3) is 0.500. The van der Waals surface area contributed by atoms with E-state index in [1.165, 1.54) is 0 Å². The van der Waals surface area contributed by atoms with Crippen LogP contribution in [0.1, 0.15) is 19.4 Å². The maximum atomic E-state index is 9.17. The first-order chi connectivity index (χ1) is 10.2. The molecule has 0 saturated carbocycles. The van der Waals surface area contributed by atoms with Crippen molar-refractivity contribution < 1.29 is 19.0 Å². The molecule has 1 unspecified atom stereocenters. The van der Waals surface area contributed by atoms with E-state index in [0.717, 1.165) is 0 Å². The van der Waals surface area contributed by atoms with Gasteiger partial charge in [-0.1, -0.05) is 11.6 Å². The summed E-state index contributed by atoms with van der Waals surface area (Å²) in [4.78, 5) is 3.21. The third-order valence-corrected chi connectivity index (χ3v) is 3.50. The second kappa shape index (κ2) is 6.80. The van der Waals surface area contributed by atoms with E-state index < -0.39 is 5.06 Å². The minimum Gasteiger partial charge on any atom is -0.497 e. The van der Waals surface area contributed by atoms with E-state index in [4.69, 9.17) is 25.8 Å². The third kappa shape index (κ3) is 3.13. The van der Waals surface area contributed by atoms with Gasteiger partial charge in [-0.05, 0) is 32.0 Å². The van der Waals surface area contributed by atoms with E-state index in [9.17, 15) is 5.53 Å². The average Bonchev–Trinajstić information content (AvgIpc) is 2.49. The topological polar surface area (TPSA) is 76.1 Å². The van der Waals surface area contributed by atoms with Crippen molar-refractivity contribution in [2.75, 3.05) is 26.4 Å². The number of nitrogens with one attached hydrogen (secondary N) is 1. The molecule has 0 aliphatic carbocycles. The minimum absolute atomic E-state index is 0.130. The van der Waals surface area contributed by atoms with Crippen LogP contribution in [0, 0.1) is 0 Å². The van der Waals surface area contributed by atoms with Gasteiger partial charge in [0.1, 0.15) is 18.0 Å². The van der Waals surface area contributed by atoms with Crippen molar-refractivity contribution in [1.82, 2.24) is 5.32 Å². The molecule has 1 fully saturated rings. The highest BCUT2D eigenvalue weighted by molar-refractivity contribution is 6.34. The van der Waals surface area contributed by atoms with Gasteiger partial charge in [-0.25, -0.2) is 0 Å². The summed E-state index contributed by atoms with van der Waals surface area (Å²) in [6.07, 6.45) is 0. The van der Waals surface area contributed by atoms with Gasteiger partial charge < -0.3 is 24.5 Å². The molecular formula is C14H18ClN3O3. The maximum Gasteiger partial charge on any atom is 0.380 e. The predicted octanol–water partition coefficient (Wildman–Crippen LogP) is 2.12. The van der Waals surface area contributed by atoms with E-state index in [1.54, 1.807) is 18.2 Å². The summed E-state index contributed by atoms with van der Waals surface area (Å²) in [6, 6.07) is 5.30. The van der Waals surface area contributed by atoms with Gasteiger partial charge >= 0.3 is 5.84 Å². The lowest BCUT2D eigenvalue weighted by Gasteiger charge is -2.29. The van der Waals surface area contributed by atoms with Crippen LogP contribution in [0.4, 0.5) is 0 Å². The zero-order chi connectivity index (χ0) is 15.3. The fourth-order valence-corrected chi connectivity index (χ4v) is 2.48. The number of ether oxygens (including phenoxy) is 3. The molecule has 2 rings (SSSR count). The van der Waals surface area contributed by atoms with Crippen LogP contribution in [-0.2, 0) is 9.80 Å². The molecular weight excluding hydrogens is 294 g/mol. The van der Waals surface area contributed by atoms with Gasteiger partial charge in [0.15, 0.2) is 0 Å². The summed E-state index contributed by atoms with van der Waals surface area (Å²) < 4.78 is 16.7. The molecule has 1 heterocycles. The summed E-state index contributed by atoms with van der Waals surface area (Å²) in [5, 5.41) is 1.50. The molecule has 0 aromatic heterocycles. The number of halogens is 1. The fourth-order valence-electron chi connectivity index (χ4n) is 2.15. The predicted molar refractivity (Wildman–Crippen MR) is 78.9 cm³/mol. The van der Waals surface area contributed by atoms with Gasteiger partial charge in [0.2, 0.25) is 0 Å². The average molecular weight is 312 g/mol. The van der Waals surface area contributed by atoms with Gasteiger partial charge in [0, 0.05) is 0 Å². The molecule has 1 N–H and O–H groups in total. The number of nitrogens with zero attached hydrogens (tertiary/aromatic N) is 2. The van der Waals surface area contributed by atoms with Gasteiger partial charge in [0.25, 0.3) is 5.06 Å². The Morgan fingerprint density at radius 1 is 1.38 bits per heavy atom. The largest absolute Gasteiger partial charge is 0.497 e. The van der Waals surface area contributed by atoms with Gasteiger partial charge in [-0.2, -0.15) is 0 Å². The number of alkyl halides is 1. The third-order valence-electron chi connectivity index (χ3n) is 3.01. The van der Waals surface area contributed by atoms with E-state index >= 15 is 0 Å². The summed E-state index contributed by atoms with van der Waals surface area (Å²) in [7, 11) is 0. The molecule has 6 nitrogen and oxygen atoms in total. The zero-order valence-electron chi connectivity index (χ0n) is 12.1. The molecule has 1 aromatic carbocycles. The molecule has 0 amide bonds. The Kier molecular flexibility index (Phi) is 5.07. The van der Waals surface area contributed by atoms with Crippen LogP contribution in [0.3, 0.4) is 0 Å². The van der Waals surface area contributed by atoms with Crippen LogP contribution in [0.2, 0.25) is 0 Å². The van der Waals surface area contributed by atoms with Crippen molar-refractivity contribution >= 4 is 17.4 Å². The molecule has 7 heteroatoms. The van der Waals surface area contributed by atoms with Crippen molar-refractivity contribution in [3.63, 3.8) is 0 Å². The van der Waals surface area contributed by atoms with Crippen molar-refractivity contribution in [2.45, 2.75) is 18.9 Å². The van der Waals surface area contributed by atoms with Crippen molar-refractivity contribution in [3.8, 4) is 11.5 Å². The maximum absolute atomic E-state index is 9.17. The van der Waals surface area contributed by atoms with Crippen LogP contribution in [0.5, 0.6) is 11.5 Å². The molecule has 114 valence electrons. The standard InChI is InChI=1S/C14H18ClN3O3/c1-3-19-10-5-6-12(20-4-2)11(9-10)14(15)13(18-16)17-7-8-21-14/h5-6,9,17H,3-4,7-8H2,1-2H3. The highest BCUT2D eigenvalue weighted by Gasteiger charge is 2.48. The Bertz CT molecular complexity index is 560. The molecule has 1 atom stereocenters. The summed E-state index contributed by atoms with van der Waals surface area (Å²) in [5.74, 6) is 1.33. The molecule has 1 aliphatic rings. The first-order valence-electron chi connectivity index (χ1n) is 6.85. The van der Waals surface area contributed by atoms with Crippen molar-refractivity contribution in [2.24, 2.45) is 0 Å². The minimum atomic E-state index is -1.43. The first-order valence-corrected chi connectivity index (χ1v) is 7.22. The second-order valence-corrected chi connectivity index (χ2v) is 4.88. The van der Waals surface area contributed by atoms with Gasteiger partial charge in [-0.15, -0.1) is 0 Å². The lowest BCUT2D eigenvalue weighted by atomic mass is 10.0. The number of rotatable bonds is 5. The van der Waals surface area contributed by atoms with E-state index in [1.807, 2.05) is 13.8 Å². The highest BCUT2D eigenvalue weighted by atomic mass is 35.5. The van der Waals surface area contributed by atoms with Crippen LogP contribution in [0.15, 0.2) is 18.2 Å².